The number of nitrogens with one attached hydrogen (secondary N) is 1. The standard InChI is InChI=1S/C22H22F4N6OS/c1-10(2)33-16-9-29-18-14(31-16)4-5-28-20(18)30-11-6-12(17(24)13(23)7-11)22(3)8-15(19(25)26)34-21(27)32-22/h4-7,9-10,15,19H,8H2,1-3H3,(H2,27,32)(H,28,30)/t15-,22-/m0/s1. The van der Waals surface area contributed by atoms with Gasteiger partial charge in [-0.3, -0.25) is 4.99 Å². The molecule has 4 rings (SSSR count). The van der Waals surface area contributed by atoms with E-state index in [4.69, 9.17) is 10.5 Å². The molecule has 34 heavy (non-hydrogen) atoms. The molecule has 0 unspecified atom stereocenters. The van der Waals surface area contributed by atoms with E-state index in [0.717, 1.165) is 17.8 Å². The Morgan fingerprint density at radius 3 is 2.71 bits per heavy atom. The van der Waals surface area contributed by atoms with Gasteiger partial charge >= 0.3 is 0 Å². The smallest absolute Gasteiger partial charge is 0.250 e. The van der Waals surface area contributed by atoms with Gasteiger partial charge in [0.2, 0.25) is 5.88 Å². The molecule has 0 spiro atoms. The molecule has 0 radical (unpaired) electrons. The number of alkyl halides is 2. The highest BCUT2D eigenvalue weighted by Crippen LogP contribution is 2.43. The summed E-state index contributed by atoms with van der Waals surface area (Å²) in [4.78, 5) is 17.1. The molecule has 1 aliphatic heterocycles. The number of aliphatic imine (C=N–C) groups is 1. The molecule has 0 saturated heterocycles. The van der Waals surface area contributed by atoms with E-state index in [0.29, 0.717) is 16.9 Å². The van der Waals surface area contributed by atoms with Crippen LogP contribution >= 0.6 is 11.8 Å². The van der Waals surface area contributed by atoms with Crippen LogP contribution in [0.25, 0.3) is 11.0 Å². The molecule has 3 aromatic rings. The topological polar surface area (TPSA) is 98.3 Å². The lowest BCUT2D eigenvalue weighted by atomic mass is 9.86. The number of halogens is 4. The van der Waals surface area contributed by atoms with Crippen LogP contribution in [0, 0.1) is 11.6 Å². The van der Waals surface area contributed by atoms with Crippen LogP contribution in [0.15, 0.2) is 35.6 Å². The first-order valence-electron chi connectivity index (χ1n) is 10.4. The third-order valence-corrected chi connectivity index (χ3v) is 6.18. The van der Waals surface area contributed by atoms with Gasteiger partial charge < -0.3 is 15.8 Å². The lowest BCUT2D eigenvalue weighted by molar-refractivity contribution is 0.131. The fraction of sp³-hybridized carbons (Fsp3) is 0.364. The maximum absolute atomic E-state index is 14.8. The number of pyridine rings is 1. The summed E-state index contributed by atoms with van der Waals surface area (Å²) in [6.45, 7) is 5.17. The van der Waals surface area contributed by atoms with Gasteiger partial charge in [-0.2, -0.15) is 0 Å². The van der Waals surface area contributed by atoms with Gasteiger partial charge in [-0.05, 0) is 39.3 Å². The monoisotopic (exact) mass is 494 g/mol. The molecule has 3 N–H and O–H groups in total. The minimum atomic E-state index is -2.70. The fourth-order valence-electron chi connectivity index (χ4n) is 3.72. The summed E-state index contributed by atoms with van der Waals surface area (Å²) < 4.78 is 61.8. The Hall–Kier alpha value is -3.15. The number of ether oxygens (including phenoxy) is 1. The maximum atomic E-state index is 14.8. The predicted octanol–water partition coefficient (Wildman–Crippen LogP) is 5.13. The molecule has 180 valence electrons. The molecule has 1 aromatic carbocycles. The zero-order valence-electron chi connectivity index (χ0n) is 18.5. The molecule has 7 nitrogen and oxygen atoms in total. The average molecular weight is 495 g/mol. The van der Waals surface area contributed by atoms with Crippen LogP contribution in [0.3, 0.4) is 0 Å². The van der Waals surface area contributed by atoms with Crippen molar-refractivity contribution in [3.63, 3.8) is 0 Å². The Morgan fingerprint density at radius 2 is 2.00 bits per heavy atom. The third kappa shape index (κ3) is 4.86. The van der Waals surface area contributed by atoms with Gasteiger partial charge in [0, 0.05) is 23.5 Å². The number of thioether (sulfide) groups is 1. The Bertz CT molecular complexity index is 1260. The van der Waals surface area contributed by atoms with E-state index in [2.05, 4.69) is 25.3 Å². The van der Waals surface area contributed by atoms with Crippen molar-refractivity contribution in [3.8, 4) is 5.88 Å². The molecule has 12 heteroatoms. The maximum Gasteiger partial charge on any atom is 0.250 e. The zero-order chi connectivity index (χ0) is 24.6. The quantitative estimate of drug-likeness (QED) is 0.458. The Labute approximate surface area is 197 Å². The summed E-state index contributed by atoms with van der Waals surface area (Å²) >= 11 is 0.725. The van der Waals surface area contributed by atoms with Crippen LogP contribution in [0.4, 0.5) is 29.1 Å². The normalized spacial score (nSPS) is 20.6. The molecule has 0 amide bonds. The number of benzene rings is 1. The first kappa shape index (κ1) is 24.0. The van der Waals surface area contributed by atoms with Gasteiger partial charge in [0.15, 0.2) is 22.6 Å². The molecule has 0 bridgehead atoms. The third-order valence-electron chi connectivity index (χ3n) is 5.17. The number of aromatic nitrogens is 3. The van der Waals surface area contributed by atoms with Gasteiger partial charge in [0.05, 0.1) is 28.6 Å². The highest BCUT2D eigenvalue weighted by atomic mass is 32.2. The summed E-state index contributed by atoms with van der Waals surface area (Å²) in [6, 6.07) is 3.90. The van der Waals surface area contributed by atoms with Crippen LogP contribution < -0.4 is 15.8 Å². The van der Waals surface area contributed by atoms with Crippen molar-refractivity contribution in [3.05, 3.63) is 47.8 Å². The number of nitrogens with zero attached hydrogens (tertiary/aromatic N) is 4. The summed E-state index contributed by atoms with van der Waals surface area (Å²) in [5, 5.41) is 1.62. The number of anilines is 2. The number of fused-ring (bicyclic) bond motifs is 1. The van der Waals surface area contributed by atoms with Crippen molar-refractivity contribution in [2.75, 3.05) is 5.32 Å². The van der Waals surface area contributed by atoms with Gasteiger partial charge in [-0.15, -0.1) is 0 Å². The molecule has 2 atom stereocenters. The van der Waals surface area contributed by atoms with E-state index in [1.165, 1.54) is 25.4 Å². The molecular formula is C22H22F4N6OS. The number of amidine groups is 1. The molecule has 0 fully saturated rings. The number of hydrogen-bond acceptors (Lipinski definition) is 8. The first-order valence-corrected chi connectivity index (χ1v) is 11.3. The highest BCUT2D eigenvalue weighted by molar-refractivity contribution is 8.14. The van der Waals surface area contributed by atoms with Gasteiger partial charge in [-0.1, -0.05) is 11.8 Å². The number of rotatable bonds is 6. The van der Waals surface area contributed by atoms with Crippen LogP contribution in [0.1, 0.15) is 32.8 Å². The summed E-state index contributed by atoms with van der Waals surface area (Å²) in [5.74, 6) is -1.76. The van der Waals surface area contributed by atoms with Gasteiger partial charge in [0.1, 0.15) is 5.52 Å². The van der Waals surface area contributed by atoms with E-state index in [9.17, 15) is 17.6 Å². The van der Waals surface area contributed by atoms with Crippen molar-refractivity contribution in [1.29, 1.82) is 0 Å². The zero-order valence-corrected chi connectivity index (χ0v) is 19.3. The minimum Gasteiger partial charge on any atom is -0.474 e. The number of nitrogens with two attached hydrogens (primary N) is 1. The van der Waals surface area contributed by atoms with Crippen LogP contribution in [0.5, 0.6) is 5.88 Å². The second kappa shape index (κ2) is 9.24. The van der Waals surface area contributed by atoms with Crippen molar-refractivity contribution in [2.24, 2.45) is 10.7 Å². The molecule has 1 aliphatic rings. The van der Waals surface area contributed by atoms with Gasteiger partial charge in [0.25, 0.3) is 6.43 Å². The van der Waals surface area contributed by atoms with Crippen molar-refractivity contribution in [1.82, 2.24) is 15.0 Å². The van der Waals surface area contributed by atoms with Crippen molar-refractivity contribution in [2.45, 2.75) is 50.5 Å². The van der Waals surface area contributed by atoms with E-state index < -0.39 is 28.8 Å². The van der Waals surface area contributed by atoms with E-state index in [-0.39, 0.29) is 34.8 Å². The van der Waals surface area contributed by atoms with Crippen LogP contribution in [0.2, 0.25) is 0 Å². The Balaban J connectivity index is 1.72. The van der Waals surface area contributed by atoms with Crippen LogP contribution in [-0.2, 0) is 5.54 Å². The average Bonchev–Trinajstić information content (AvgIpc) is 2.75. The highest BCUT2D eigenvalue weighted by Gasteiger charge is 2.41. The summed E-state index contributed by atoms with van der Waals surface area (Å²) in [6.07, 6.45) is -0.0820. The molecule has 3 heterocycles. The second-order valence-electron chi connectivity index (χ2n) is 8.27. The van der Waals surface area contributed by atoms with Crippen molar-refractivity contribution >= 4 is 39.5 Å². The lowest BCUT2D eigenvalue weighted by Crippen LogP contribution is -2.37. The summed E-state index contributed by atoms with van der Waals surface area (Å²) in [7, 11) is 0. The van der Waals surface area contributed by atoms with E-state index in [1.807, 2.05) is 13.8 Å². The molecular weight excluding hydrogens is 472 g/mol. The largest absolute Gasteiger partial charge is 0.474 e. The lowest BCUT2D eigenvalue weighted by Gasteiger charge is -2.34. The first-order chi connectivity index (χ1) is 16.1. The predicted molar refractivity (Wildman–Crippen MR) is 124 cm³/mol. The Morgan fingerprint density at radius 1 is 1.24 bits per heavy atom. The molecule has 0 saturated carbocycles. The number of hydrogen-bond donors (Lipinski definition) is 2. The molecule has 2 aromatic heterocycles. The SMILES string of the molecule is CC(C)Oc1cnc2c(Nc3cc(F)c(F)c([C@]4(C)C[C@@H](C(F)F)SC(N)=N4)c3)nccc2n1. The van der Waals surface area contributed by atoms with E-state index >= 15 is 0 Å². The Kier molecular flexibility index (Phi) is 6.52. The van der Waals surface area contributed by atoms with Crippen LogP contribution in [-0.4, -0.2) is 37.9 Å². The fourth-order valence-corrected chi connectivity index (χ4v) is 4.80. The van der Waals surface area contributed by atoms with Gasteiger partial charge in [-0.25, -0.2) is 32.5 Å². The van der Waals surface area contributed by atoms with Crippen molar-refractivity contribution < 1.29 is 22.3 Å². The minimum absolute atomic E-state index is 0.0901. The van der Waals surface area contributed by atoms with E-state index in [1.54, 1.807) is 6.07 Å². The second-order valence-corrected chi connectivity index (χ2v) is 9.53. The summed E-state index contributed by atoms with van der Waals surface area (Å²) in [5.41, 5.74) is 5.07. The molecule has 0 aliphatic carbocycles.